The summed E-state index contributed by atoms with van der Waals surface area (Å²) in [7, 11) is 3.21. The van der Waals surface area contributed by atoms with Crippen LogP contribution in [0.2, 0.25) is 0 Å². The van der Waals surface area contributed by atoms with Gasteiger partial charge in [0.1, 0.15) is 0 Å². The zero-order valence-electron chi connectivity index (χ0n) is 15.1. The van der Waals surface area contributed by atoms with E-state index in [1.165, 1.54) is 0 Å². The molecule has 26 heavy (non-hydrogen) atoms. The smallest absolute Gasteiger partial charge is 0.247 e. The molecule has 0 saturated carbocycles. The minimum Gasteiger partial charge on any atom is -0.493 e. The summed E-state index contributed by atoms with van der Waals surface area (Å²) in [6.45, 7) is 2.39. The molecule has 0 radical (unpaired) electrons. The Hall–Kier alpha value is -2.79. The molecule has 5 nitrogen and oxygen atoms in total. The molecule has 1 aliphatic heterocycles. The van der Waals surface area contributed by atoms with Gasteiger partial charge < -0.3 is 19.1 Å². The largest absolute Gasteiger partial charge is 0.493 e. The number of benzene rings is 2. The molecule has 0 N–H and O–H groups in total. The second-order valence-electron chi connectivity index (χ2n) is 5.93. The van der Waals surface area contributed by atoms with Gasteiger partial charge in [-0.25, -0.2) is 0 Å². The number of rotatable bonds is 5. The van der Waals surface area contributed by atoms with E-state index in [9.17, 15) is 4.79 Å². The monoisotopic (exact) mass is 353 g/mol. The van der Waals surface area contributed by atoms with Gasteiger partial charge >= 0.3 is 0 Å². The maximum Gasteiger partial charge on any atom is 0.247 e. The topological polar surface area (TPSA) is 48.0 Å². The number of nitrogens with zero attached hydrogens (tertiary/aromatic N) is 1. The first-order chi connectivity index (χ1) is 12.7. The molecule has 5 heteroatoms. The Bertz CT molecular complexity index is 780. The summed E-state index contributed by atoms with van der Waals surface area (Å²) in [6, 6.07) is 15.6. The molecule has 1 aliphatic rings. The van der Waals surface area contributed by atoms with Crippen molar-refractivity contribution in [3.63, 3.8) is 0 Å². The molecular weight excluding hydrogens is 330 g/mol. The second kappa shape index (κ2) is 8.54. The number of ether oxygens (including phenoxy) is 3. The Kier molecular flexibility index (Phi) is 5.92. The maximum absolute atomic E-state index is 12.8. The molecule has 1 fully saturated rings. The van der Waals surface area contributed by atoms with E-state index >= 15 is 0 Å². The lowest BCUT2D eigenvalue weighted by molar-refractivity contribution is -0.129. The molecule has 1 heterocycles. The lowest BCUT2D eigenvalue weighted by Crippen LogP contribution is -2.39. The molecule has 0 aliphatic carbocycles. The van der Waals surface area contributed by atoms with E-state index in [4.69, 9.17) is 14.2 Å². The second-order valence-corrected chi connectivity index (χ2v) is 5.93. The van der Waals surface area contributed by atoms with Crippen LogP contribution in [0.3, 0.4) is 0 Å². The van der Waals surface area contributed by atoms with Gasteiger partial charge in [0.15, 0.2) is 11.5 Å². The van der Waals surface area contributed by atoms with E-state index in [0.29, 0.717) is 37.8 Å². The van der Waals surface area contributed by atoms with Crippen molar-refractivity contribution in [1.82, 2.24) is 4.90 Å². The first kappa shape index (κ1) is 18.0. The van der Waals surface area contributed by atoms with Crippen LogP contribution < -0.4 is 9.47 Å². The first-order valence-electron chi connectivity index (χ1n) is 8.59. The summed E-state index contributed by atoms with van der Waals surface area (Å²) in [5.74, 6) is 1.27. The Morgan fingerprint density at radius 1 is 0.962 bits per heavy atom. The van der Waals surface area contributed by atoms with Crippen LogP contribution in [0.4, 0.5) is 0 Å². The standard InChI is InChI=1S/C21H23NO4/c1-24-19-9-8-17(14-20(19)25-2)18(16-6-4-3-5-7-16)15-21(23)22-10-12-26-13-11-22/h3-9,14-15H,10-13H2,1-2H3/b18-15+. The average Bonchev–Trinajstić information content (AvgIpc) is 2.72. The summed E-state index contributed by atoms with van der Waals surface area (Å²) in [4.78, 5) is 14.6. The number of hydrogen-bond donors (Lipinski definition) is 0. The molecule has 2 aromatic rings. The zero-order chi connectivity index (χ0) is 18.4. The van der Waals surface area contributed by atoms with Crippen molar-refractivity contribution in [2.75, 3.05) is 40.5 Å². The summed E-state index contributed by atoms with van der Waals surface area (Å²) in [5.41, 5.74) is 2.72. The highest BCUT2D eigenvalue weighted by Gasteiger charge is 2.17. The van der Waals surface area contributed by atoms with Crippen LogP contribution in [0.15, 0.2) is 54.6 Å². The van der Waals surface area contributed by atoms with Gasteiger partial charge in [-0.3, -0.25) is 4.79 Å². The van der Waals surface area contributed by atoms with Gasteiger partial charge in [-0.05, 0) is 28.8 Å². The number of carbonyl (C=O) groups excluding carboxylic acids is 1. The fourth-order valence-corrected chi connectivity index (χ4v) is 2.95. The van der Waals surface area contributed by atoms with Crippen LogP contribution in [-0.2, 0) is 9.53 Å². The number of hydrogen-bond acceptors (Lipinski definition) is 4. The lowest BCUT2D eigenvalue weighted by atomic mass is 9.97. The van der Waals surface area contributed by atoms with Gasteiger partial charge in [-0.15, -0.1) is 0 Å². The van der Waals surface area contributed by atoms with E-state index in [-0.39, 0.29) is 5.91 Å². The van der Waals surface area contributed by atoms with Gasteiger partial charge in [-0.1, -0.05) is 36.4 Å². The Balaban J connectivity index is 2.01. The highest BCUT2D eigenvalue weighted by Crippen LogP contribution is 2.33. The van der Waals surface area contributed by atoms with Gasteiger partial charge in [0.25, 0.3) is 0 Å². The van der Waals surface area contributed by atoms with E-state index in [1.54, 1.807) is 20.3 Å². The lowest BCUT2D eigenvalue weighted by Gasteiger charge is -2.26. The molecule has 0 aromatic heterocycles. The van der Waals surface area contributed by atoms with E-state index in [0.717, 1.165) is 16.7 Å². The van der Waals surface area contributed by atoms with Crippen molar-refractivity contribution in [1.29, 1.82) is 0 Å². The van der Waals surface area contributed by atoms with Crippen LogP contribution in [0.1, 0.15) is 11.1 Å². The van der Waals surface area contributed by atoms with Crippen molar-refractivity contribution in [2.45, 2.75) is 0 Å². The minimum atomic E-state index is -0.0121. The first-order valence-corrected chi connectivity index (χ1v) is 8.59. The maximum atomic E-state index is 12.8. The van der Waals surface area contributed by atoms with Crippen LogP contribution in [-0.4, -0.2) is 51.3 Å². The predicted molar refractivity (Wildman–Crippen MR) is 100 cm³/mol. The molecule has 0 atom stereocenters. The third kappa shape index (κ3) is 4.06. The fourth-order valence-electron chi connectivity index (χ4n) is 2.95. The van der Waals surface area contributed by atoms with Gasteiger partial charge in [0.2, 0.25) is 5.91 Å². The van der Waals surface area contributed by atoms with Gasteiger partial charge in [0, 0.05) is 19.2 Å². The summed E-state index contributed by atoms with van der Waals surface area (Å²) in [5, 5.41) is 0. The van der Waals surface area contributed by atoms with E-state index < -0.39 is 0 Å². The highest BCUT2D eigenvalue weighted by molar-refractivity contribution is 5.99. The molecule has 1 amide bonds. The third-order valence-electron chi connectivity index (χ3n) is 4.37. The molecule has 0 spiro atoms. The number of morpholine rings is 1. The molecule has 0 unspecified atom stereocenters. The van der Waals surface area contributed by atoms with Crippen molar-refractivity contribution >= 4 is 11.5 Å². The summed E-state index contributed by atoms with van der Waals surface area (Å²) >= 11 is 0. The highest BCUT2D eigenvalue weighted by atomic mass is 16.5. The van der Waals surface area contributed by atoms with Crippen LogP contribution in [0.5, 0.6) is 11.5 Å². The summed E-state index contributed by atoms with van der Waals surface area (Å²) < 4.78 is 16.1. The zero-order valence-corrected chi connectivity index (χ0v) is 15.1. The normalized spacial score (nSPS) is 14.8. The molecule has 3 rings (SSSR count). The van der Waals surface area contributed by atoms with Crippen LogP contribution >= 0.6 is 0 Å². The summed E-state index contributed by atoms with van der Waals surface area (Å²) in [6.07, 6.45) is 1.70. The Morgan fingerprint density at radius 3 is 2.31 bits per heavy atom. The molecule has 136 valence electrons. The van der Waals surface area contributed by atoms with Crippen molar-refractivity contribution in [2.24, 2.45) is 0 Å². The third-order valence-corrected chi connectivity index (χ3v) is 4.37. The quantitative estimate of drug-likeness (QED) is 0.776. The molecule has 2 aromatic carbocycles. The van der Waals surface area contributed by atoms with Crippen molar-refractivity contribution in [3.05, 3.63) is 65.7 Å². The van der Waals surface area contributed by atoms with Crippen LogP contribution in [0.25, 0.3) is 5.57 Å². The number of amides is 1. The Morgan fingerprint density at radius 2 is 1.65 bits per heavy atom. The number of carbonyl (C=O) groups is 1. The SMILES string of the molecule is COc1ccc(/C(=C/C(=O)N2CCOCC2)c2ccccc2)cc1OC. The molecule has 0 bridgehead atoms. The molecular formula is C21H23NO4. The molecule has 1 saturated heterocycles. The van der Waals surface area contributed by atoms with Gasteiger partial charge in [0.05, 0.1) is 27.4 Å². The minimum absolute atomic E-state index is 0.0121. The number of methoxy groups -OCH3 is 2. The fraction of sp³-hybridized carbons (Fsp3) is 0.286. The van der Waals surface area contributed by atoms with E-state index in [1.807, 2.05) is 53.4 Å². The van der Waals surface area contributed by atoms with Crippen molar-refractivity contribution in [3.8, 4) is 11.5 Å². The van der Waals surface area contributed by atoms with Gasteiger partial charge in [-0.2, -0.15) is 0 Å². The van der Waals surface area contributed by atoms with Crippen molar-refractivity contribution < 1.29 is 19.0 Å². The van der Waals surface area contributed by atoms with E-state index in [2.05, 4.69) is 0 Å². The average molecular weight is 353 g/mol. The van der Waals surface area contributed by atoms with Crippen LogP contribution in [0, 0.1) is 0 Å². The Labute approximate surface area is 153 Å². The predicted octanol–water partition coefficient (Wildman–Crippen LogP) is 2.99.